The van der Waals surface area contributed by atoms with E-state index in [0.29, 0.717) is 18.5 Å². The fourth-order valence-electron chi connectivity index (χ4n) is 4.66. The first-order valence-electron chi connectivity index (χ1n) is 10.7. The molecule has 0 spiro atoms. The predicted molar refractivity (Wildman–Crippen MR) is 120 cm³/mol. The Hall–Kier alpha value is -2.68. The third-order valence-electron chi connectivity index (χ3n) is 6.47. The van der Waals surface area contributed by atoms with Crippen LogP contribution in [0.4, 0.5) is 0 Å². The highest BCUT2D eigenvalue weighted by Crippen LogP contribution is 2.37. The summed E-state index contributed by atoms with van der Waals surface area (Å²) in [7, 11) is 6.14. The molecule has 1 heterocycles. The van der Waals surface area contributed by atoms with Crippen molar-refractivity contribution in [2.45, 2.75) is 24.8 Å². The standard InChI is InChI=1S/C25H32N4O/c1-27-19-22(17-20-9-7-8-10-21(20)18-26)24(30)29-15-13-25(14-16-29,28(2)3)23-11-5-4-6-12-23/h4-12,22,27H,13-17,19H2,1-3H3. The average molecular weight is 405 g/mol. The van der Waals surface area contributed by atoms with E-state index in [1.807, 2.05) is 42.3 Å². The number of carbonyl (C=O) groups excluding carboxylic acids is 1. The van der Waals surface area contributed by atoms with Crippen molar-refractivity contribution in [2.24, 2.45) is 5.92 Å². The van der Waals surface area contributed by atoms with Gasteiger partial charge in [0, 0.05) is 25.2 Å². The van der Waals surface area contributed by atoms with Crippen molar-refractivity contribution in [3.05, 3.63) is 71.3 Å². The summed E-state index contributed by atoms with van der Waals surface area (Å²) in [4.78, 5) is 17.7. The molecule has 0 aliphatic carbocycles. The van der Waals surface area contributed by atoms with E-state index in [2.05, 4.69) is 54.6 Å². The number of benzene rings is 2. The molecular formula is C25H32N4O. The molecule has 1 N–H and O–H groups in total. The Labute approximate surface area is 180 Å². The Morgan fingerprint density at radius 1 is 1.13 bits per heavy atom. The smallest absolute Gasteiger partial charge is 0.227 e. The molecule has 1 atom stereocenters. The quantitative estimate of drug-likeness (QED) is 0.771. The largest absolute Gasteiger partial charge is 0.342 e. The molecule has 1 unspecified atom stereocenters. The molecular weight excluding hydrogens is 372 g/mol. The first-order chi connectivity index (χ1) is 14.5. The second-order valence-electron chi connectivity index (χ2n) is 8.34. The van der Waals surface area contributed by atoms with Gasteiger partial charge in [-0.2, -0.15) is 5.26 Å². The normalized spacial score (nSPS) is 16.8. The predicted octanol–water partition coefficient (Wildman–Crippen LogP) is 3.02. The first-order valence-corrected chi connectivity index (χ1v) is 10.7. The molecule has 5 heteroatoms. The lowest BCUT2D eigenvalue weighted by Crippen LogP contribution is -2.53. The topological polar surface area (TPSA) is 59.4 Å². The molecule has 158 valence electrons. The van der Waals surface area contributed by atoms with E-state index >= 15 is 0 Å². The van der Waals surface area contributed by atoms with E-state index in [-0.39, 0.29) is 17.4 Å². The molecule has 1 fully saturated rings. The summed E-state index contributed by atoms with van der Waals surface area (Å²) >= 11 is 0. The monoisotopic (exact) mass is 404 g/mol. The number of piperidine rings is 1. The summed E-state index contributed by atoms with van der Waals surface area (Å²) in [5.41, 5.74) is 2.87. The summed E-state index contributed by atoms with van der Waals surface area (Å²) < 4.78 is 0. The van der Waals surface area contributed by atoms with E-state index in [1.54, 1.807) is 0 Å². The minimum atomic E-state index is -0.173. The molecule has 30 heavy (non-hydrogen) atoms. The van der Waals surface area contributed by atoms with Crippen LogP contribution in [0.5, 0.6) is 0 Å². The Kier molecular flexibility index (Phi) is 7.25. The molecule has 2 aromatic carbocycles. The maximum Gasteiger partial charge on any atom is 0.227 e. The zero-order chi connectivity index (χ0) is 21.6. The van der Waals surface area contributed by atoms with E-state index in [1.165, 1.54) is 5.56 Å². The van der Waals surface area contributed by atoms with Crippen molar-refractivity contribution >= 4 is 5.91 Å². The van der Waals surface area contributed by atoms with E-state index < -0.39 is 0 Å². The van der Waals surface area contributed by atoms with Gasteiger partial charge in [0.05, 0.1) is 17.6 Å². The third-order valence-corrected chi connectivity index (χ3v) is 6.47. The molecule has 3 rings (SSSR count). The van der Waals surface area contributed by atoms with Gasteiger partial charge in [0.1, 0.15) is 0 Å². The maximum absolute atomic E-state index is 13.4. The Balaban J connectivity index is 1.74. The number of amides is 1. The molecule has 0 bridgehead atoms. The number of rotatable bonds is 7. The van der Waals surface area contributed by atoms with Gasteiger partial charge in [-0.05, 0) is 57.6 Å². The van der Waals surface area contributed by atoms with Gasteiger partial charge in [-0.25, -0.2) is 0 Å². The van der Waals surface area contributed by atoms with Gasteiger partial charge >= 0.3 is 0 Å². The minimum absolute atomic E-state index is 0.0377. The van der Waals surface area contributed by atoms with Crippen LogP contribution in [0.15, 0.2) is 54.6 Å². The Bertz CT molecular complexity index is 880. The highest BCUT2D eigenvalue weighted by atomic mass is 16.2. The molecule has 1 amide bonds. The van der Waals surface area contributed by atoms with Crippen LogP contribution < -0.4 is 5.32 Å². The van der Waals surface area contributed by atoms with Crippen LogP contribution in [0, 0.1) is 17.2 Å². The number of carbonyl (C=O) groups is 1. The Morgan fingerprint density at radius 2 is 1.77 bits per heavy atom. The zero-order valence-electron chi connectivity index (χ0n) is 18.3. The number of nitrogens with zero attached hydrogens (tertiary/aromatic N) is 3. The van der Waals surface area contributed by atoms with Crippen molar-refractivity contribution in [3.63, 3.8) is 0 Å². The van der Waals surface area contributed by atoms with Gasteiger partial charge in [0.25, 0.3) is 0 Å². The molecule has 0 saturated carbocycles. The van der Waals surface area contributed by atoms with Gasteiger partial charge in [-0.3, -0.25) is 9.69 Å². The third kappa shape index (κ3) is 4.56. The number of hydrogen-bond acceptors (Lipinski definition) is 4. The zero-order valence-corrected chi connectivity index (χ0v) is 18.3. The van der Waals surface area contributed by atoms with Crippen LogP contribution in [0.2, 0.25) is 0 Å². The average Bonchev–Trinajstić information content (AvgIpc) is 2.79. The summed E-state index contributed by atoms with van der Waals surface area (Å²) in [6, 6.07) is 20.4. The summed E-state index contributed by atoms with van der Waals surface area (Å²) in [5, 5.41) is 12.6. The molecule has 1 aliphatic heterocycles. The molecule has 2 aromatic rings. The Morgan fingerprint density at radius 3 is 2.37 bits per heavy atom. The van der Waals surface area contributed by atoms with Crippen molar-refractivity contribution in [1.82, 2.24) is 15.1 Å². The summed E-state index contributed by atoms with van der Waals surface area (Å²) in [6.45, 7) is 2.09. The van der Waals surface area contributed by atoms with Crippen LogP contribution in [0.3, 0.4) is 0 Å². The van der Waals surface area contributed by atoms with Crippen LogP contribution in [0.25, 0.3) is 0 Å². The van der Waals surface area contributed by atoms with Gasteiger partial charge in [-0.1, -0.05) is 48.5 Å². The highest BCUT2D eigenvalue weighted by Gasteiger charge is 2.40. The SMILES string of the molecule is CNCC(Cc1ccccc1C#N)C(=O)N1CCC(c2ccccc2)(N(C)C)CC1. The van der Waals surface area contributed by atoms with E-state index in [0.717, 1.165) is 31.5 Å². The van der Waals surface area contributed by atoms with Crippen molar-refractivity contribution in [1.29, 1.82) is 5.26 Å². The van der Waals surface area contributed by atoms with Crippen molar-refractivity contribution < 1.29 is 4.79 Å². The second kappa shape index (κ2) is 9.88. The summed E-state index contributed by atoms with van der Waals surface area (Å²) in [6.07, 6.45) is 2.41. The molecule has 0 radical (unpaired) electrons. The van der Waals surface area contributed by atoms with Crippen LogP contribution in [0.1, 0.15) is 29.5 Å². The number of nitriles is 1. The van der Waals surface area contributed by atoms with Gasteiger partial charge in [-0.15, -0.1) is 0 Å². The maximum atomic E-state index is 13.4. The minimum Gasteiger partial charge on any atom is -0.342 e. The van der Waals surface area contributed by atoms with Crippen molar-refractivity contribution in [3.8, 4) is 6.07 Å². The van der Waals surface area contributed by atoms with E-state index in [9.17, 15) is 10.1 Å². The molecule has 5 nitrogen and oxygen atoms in total. The second-order valence-corrected chi connectivity index (χ2v) is 8.34. The fraction of sp³-hybridized carbons (Fsp3) is 0.440. The van der Waals surface area contributed by atoms with E-state index in [4.69, 9.17) is 0 Å². The number of hydrogen-bond donors (Lipinski definition) is 1. The lowest BCUT2D eigenvalue weighted by Gasteiger charge is -2.47. The lowest BCUT2D eigenvalue weighted by molar-refractivity contribution is -0.138. The van der Waals surface area contributed by atoms with Gasteiger partial charge < -0.3 is 10.2 Å². The fourth-order valence-corrected chi connectivity index (χ4v) is 4.66. The summed E-state index contributed by atoms with van der Waals surface area (Å²) in [5.74, 6) is 0.00518. The molecule has 1 aliphatic rings. The van der Waals surface area contributed by atoms with Crippen LogP contribution in [-0.4, -0.2) is 56.5 Å². The highest BCUT2D eigenvalue weighted by molar-refractivity contribution is 5.79. The molecule has 0 aromatic heterocycles. The lowest BCUT2D eigenvalue weighted by atomic mass is 9.79. The van der Waals surface area contributed by atoms with Crippen LogP contribution in [-0.2, 0) is 16.8 Å². The molecule has 1 saturated heterocycles. The number of nitrogens with one attached hydrogen (secondary N) is 1. The van der Waals surface area contributed by atoms with Crippen LogP contribution >= 0.6 is 0 Å². The number of likely N-dealkylation sites (tertiary alicyclic amines) is 1. The van der Waals surface area contributed by atoms with Gasteiger partial charge in [0.2, 0.25) is 5.91 Å². The first kappa shape index (κ1) is 22.0. The van der Waals surface area contributed by atoms with Gasteiger partial charge in [0.15, 0.2) is 0 Å². The van der Waals surface area contributed by atoms with Crippen molar-refractivity contribution in [2.75, 3.05) is 40.8 Å².